The number of hydrogen-bond acceptors (Lipinski definition) is 3. The monoisotopic (exact) mass is 260 g/mol. The summed E-state index contributed by atoms with van der Waals surface area (Å²) in [5.41, 5.74) is 6.02. The molecule has 0 bridgehead atoms. The Hall–Kier alpha value is -0.980. The van der Waals surface area contributed by atoms with Crippen LogP contribution in [0.15, 0.2) is 23.1 Å². The van der Waals surface area contributed by atoms with E-state index in [-0.39, 0.29) is 11.4 Å². The molecule has 0 radical (unpaired) electrons. The molecular formula is C11H17FN2O2S. The number of nitrogens with two attached hydrogens (primary N) is 1. The summed E-state index contributed by atoms with van der Waals surface area (Å²) in [7, 11) is -2.34. The number of nitrogens with zero attached hydrogens (tertiary/aromatic N) is 1. The Labute approximate surface area is 101 Å². The zero-order valence-corrected chi connectivity index (χ0v) is 10.8. The van der Waals surface area contributed by atoms with Crippen LogP contribution in [0.3, 0.4) is 0 Å². The summed E-state index contributed by atoms with van der Waals surface area (Å²) in [5, 5.41) is 0. The number of sulfonamides is 1. The van der Waals surface area contributed by atoms with Crippen molar-refractivity contribution in [3.05, 3.63) is 29.6 Å². The second-order valence-corrected chi connectivity index (χ2v) is 5.92. The Kier molecular flexibility index (Phi) is 4.62. The summed E-state index contributed by atoms with van der Waals surface area (Å²) in [5.74, 6) is -0.727. The maximum absolute atomic E-state index is 13.5. The van der Waals surface area contributed by atoms with Crippen molar-refractivity contribution in [2.75, 3.05) is 20.1 Å². The van der Waals surface area contributed by atoms with E-state index >= 15 is 0 Å². The van der Waals surface area contributed by atoms with E-state index in [1.165, 1.54) is 25.2 Å². The average molecular weight is 260 g/mol. The van der Waals surface area contributed by atoms with Gasteiger partial charge in [0.1, 0.15) is 10.7 Å². The minimum Gasteiger partial charge on any atom is -0.330 e. The van der Waals surface area contributed by atoms with Crippen LogP contribution in [0.4, 0.5) is 4.39 Å². The van der Waals surface area contributed by atoms with Gasteiger partial charge in [-0.2, -0.15) is 0 Å². The molecule has 0 spiro atoms. The summed E-state index contributed by atoms with van der Waals surface area (Å²) in [6.07, 6.45) is 0.545. The standard InChI is InChI=1S/C11H17FN2O2S/c1-9-4-5-10(12)11(8-9)17(15,16)14(2)7-3-6-13/h4-5,8H,3,6-7,13H2,1-2H3. The van der Waals surface area contributed by atoms with Crippen molar-refractivity contribution in [2.24, 2.45) is 5.73 Å². The highest BCUT2D eigenvalue weighted by molar-refractivity contribution is 7.89. The van der Waals surface area contributed by atoms with E-state index < -0.39 is 15.8 Å². The molecule has 0 aliphatic heterocycles. The zero-order valence-electron chi connectivity index (χ0n) is 9.98. The number of hydrogen-bond donors (Lipinski definition) is 1. The van der Waals surface area contributed by atoms with Gasteiger partial charge in [-0.05, 0) is 37.6 Å². The molecule has 1 aromatic rings. The largest absolute Gasteiger partial charge is 0.330 e. The Morgan fingerprint density at radius 1 is 1.41 bits per heavy atom. The first-order chi connectivity index (χ1) is 7.89. The molecule has 6 heteroatoms. The minimum atomic E-state index is -3.76. The minimum absolute atomic E-state index is 0.281. The van der Waals surface area contributed by atoms with Gasteiger partial charge in [-0.25, -0.2) is 17.1 Å². The molecule has 1 aromatic carbocycles. The molecule has 0 heterocycles. The lowest BCUT2D eigenvalue weighted by Gasteiger charge is -2.17. The van der Waals surface area contributed by atoms with Crippen molar-refractivity contribution < 1.29 is 12.8 Å². The number of rotatable bonds is 5. The van der Waals surface area contributed by atoms with Gasteiger partial charge >= 0.3 is 0 Å². The Balaban J connectivity index is 3.08. The van der Waals surface area contributed by atoms with Crippen LogP contribution in [0.5, 0.6) is 0 Å². The van der Waals surface area contributed by atoms with Gasteiger partial charge in [0.05, 0.1) is 0 Å². The molecule has 17 heavy (non-hydrogen) atoms. The lowest BCUT2D eigenvalue weighted by molar-refractivity contribution is 0.457. The molecule has 4 nitrogen and oxygen atoms in total. The first-order valence-electron chi connectivity index (χ1n) is 5.32. The summed E-state index contributed by atoms with van der Waals surface area (Å²) < 4.78 is 38.8. The average Bonchev–Trinajstić information content (AvgIpc) is 2.28. The molecule has 0 aliphatic carbocycles. The van der Waals surface area contributed by atoms with Crippen molar-refractivity contribution in [3.8, 4) is 0 Å². The maximum Gasteiger partial charge on any atom is 0.245 e. The normalized spacial score (nSPS) is 12.1. The van der Waals surface area contributed by atoms with Crippen molar-refractivity contribution in [1.29, 1.82) is 0 Å². The summed E-state index contributed by atoms with van der Waals surface area (Å²) >= 11 is 0. The van der Waals surface area contributed by atoms with Gasteiger partial charge in [-0.3, -0.25) is 0 Å². The van der Waals surface area contributed by atoms with Crippen molar-refractivity contribution >= 4 is 10.0 Å². The van der Waals surface area contributed by atoms with Crippen LogP contribution < -0.4 is 5.73 Å². The van der Waals surface area contributed by atoms with E-state index in [4.69, 9.17) is 5.73 Å². The second-order valence-electron chi connectivity index (χ2n) is 3.90. The molecule has 0 saturated heterocycles. The topological polar surface area (TPSA) is 63.4 Å². The predicted octanol–water partition coefficient (Wildman–Crippen LogP) is 1.10. The molecule has 1 rings (SSSR count). The van der Waals surface area contributed by atoms with Gasteiger partial charge in [0.2, 0.25) is 10.0 Å². The fraction of sp³-hybridized carbons (Fsp3) is 0.455. The van der Waals surface area contributed by atoms with E-state index in [1.807, 2.05) is 0 Å². The second kappa shape index (κ2) is 5.57. The van der Waals surface area contributed by atoms with E-state index in [0.717, 1.165) is 4.31 Å². The Bertz CT molecular complexity index is 488. The molecule has 0 atom stereocenters. The molecular weight excluding hydrogens is 243 g/mol. The highest BCUT2D eigenvalue weighted by atomic mass is 32.2. The van der Waals surface area contributed by atoms with Crippen LogP contribution in [-0.2, 0) is 10.0 Å². The highest BCUT2D eigenvalue weighted by Gasteiger charge is 2.23. The third-order valence-corrected chi connectivity index (χ3v) is 4.32. The maximum atomic E-state index is 13.5. The Morgan fingerprint density at radius 3 is 2.65 bits per heavy atom. The number of benzene rings is 1. The van der Waals surface area contributed by atoms with Gasteiger partial charge in [-0.1, -0.05) is 6.07 Å². The molecule has 0 saturated carbocycles. The predicted molar refractivity (Wildman–Crippen MR) is 64.6 cm³/mol. The molecule has 0 aliphatic rings. The number of aryl methyl sites for hydroxylation is 1. The molecule has 2 N–H and O–H groups in total. The van der Waals surface area contributed by atoms with Crippen LogP contribution in [0.2, 0.25) is 0 Å². The van der Waals surface area contributed by atoms with Gasteiger partial charge in [0.15, 0.2) is 0 Å². The van der Waals surface area contributed by atoms with Crippen molar-refractivity contribution in [1.82, 2.24) is 4.31 Å². The third kappa shape index (κ3) is 3.24. The first-order valence-corrected chi connectivity index (χ1v) is 6.76. The van der Waals surface area contributed by atoms with E-state index in [1.54, 1.807) is 6.92 Å². The molecule has 0 fully saturated rings. The lowest BCUT2D eigenvalue weighted by Crippen LogP contribution is -2.29. The van der Waals surface area contributed by atoms with Crippen molar-refractivity contribution in [3.63, 3.8) is 0 Å². The first kappa shape index (κ1) is 14.1. The van der Waals surface area contributed by atoms with Crippen LogP contribution in [0.1, 0.15) is 12.0 Å². The van der Waals surface area contributed by atoms with Gasteiger partial charge in [0, 0.05) is 13.6 Å². The highest BCUT2D eigenvalue weighted by Crippen LogP contribution is 2.19. The zero-order chi connectivity index (χ0) is 13.1. The molecule has 96 valence electrons. The van der Waals surface area contributed by atoms with E-state index in [0.29, 0.717) is 18.5 Å². The van der Waals surface area contributed by atoms with Crippen LogP contribution >= 0.6 is 0 Å². The molecule has 0 unspecified atom stereocenters. The van der Waals surface area contributed by atoms with E-state index in [9.17, 15) is 12.8 Å². The smallest absolute Gasteiger partial charge is 0.245 e. The van der Waals surface area contributed by atoms with E-state index in [2.05, 4.69) is 0 Å². The lowest BCUT2D eigenvalue weighted by atomic mass is 10.2. The van der Waals surface area contributed by atoms with Crippen LogP contribution in [0.25, 0.3) is 0 Å². The summed E-state index contributed by atoms with van der Waals surface area (Å²) in [4.78, 5) is -0.281. The SMILES string of the molecule is Cc1ccc(F)c(S(=O)(=O)N(C)CCCN)c1. The van der Waals surface area contributed by atoms with Gasteiger partial charge in [0.25, 0.3) is 0 Å². The fourth-order valence-corrected chi connectivity index (χ4v) is 2.76. The third-order valence-electron chi connectivity index (χ3n) is 2.45. The quantitative estimate of drug-likeness (QED) is 0.862. The van der Waals surface area contributed by atoms with Crippen LogP contribution in [0, 0.1) is 12.7 Å². The fourth-order valence-electron chi connectivity index (χ4n) is 1.41. The summed E-state index contributed by atoms with van der Waals surface area (Å²) in [6.45, 7) is 2.40. The molecule has 0 amide bonds. The van der Waals surface area contributed by atoms with Crippen LogP contribution in [-0.4, -0.2) is 32.9 Å². The Morgan fingerprint density at radius 2 is 2.06 bits per heavy atom. The number of halogens is 1. The molecule has 0 aromatic heterocycles. The van der Waals surface area contributed by atoms with Gasteiger partial charge < -0.3 is 5.73 Å². The van der Waals surface area contributed by atoms with Crippen molar-refractivity contribution in [2.45, 2.75) is 18.2 Å². The summed E-state index contributed by atoms with van der Waals surface area (Å²) in [6, 6.07) is 4.04. The van der Waals surface area contributed by atoms with Gasteiger partial charge in [-0.15, -0.1) is 0 Å².